The van der Waals surface area contributed by atoms with Crippen LogP contribution in [0, 0.1) is 0 Å². The zero-order valence-electron chi connectivity index (χ0n) is 10.8. The molecular weight excluding hydrogens is 280 g/mol. The van der Waals surface area contributed by atoms with Crippen molar-refractivity contribution in [3.63, 3.8) is 0 Å². The first-order valence-electron chi connectivity index (χ1n) is 6.15. The zero-order valence-corrected chi connectivity index (χ0v) is 12.4. The van der Waals surface area contributed by atoms with E-state index in [9.17, 15) is 0 Å². The Labute approximate surface area is 112 Å². The first kappa shape index (κ1) is 14.5. The quantitative estimate of drug-likeness (QED) is 0.696. The molecule has 0 saturated carbocycles. The Morgan fingerprint density at radius 2 is 1.94 bits per heavy atom. The van der Waals surface area contributed by atoms with Gasteiger partial charge in [-0.1, -0.05) is 36.7 Å². The van der Waals surface area contributed by atoms with Crippen LogP contribution in [0.5, 0.6) is 5.75 Å². The fourth-order valence-electron chi connectivity index (χ4n) is 1.56. The minimum Gasteiger partial charge on any atom is -0.491 e. The van der Waals surface area contributed by atoms with Crippen molar-refractivity contribution in [3.05, 3.63) is 28.2 Å². The topological polar surface area (TPSA) is 18.5 Å². The van der Waals surface area contributed by atoms with Crippen molar-refractivity contribution in [2.75, 3.05) is 19.8 Å². The van der Waals surface area contributed by atoms with Crippen LogP contribution in [-0.4, -0.2) is 19.8 Å². The molecule has 3 heteroatoms. The predicted octanol–water partition coefficient (Wildman–Crippen LogP) is 4.38. The average molecular weight is 301 g/mol. The molecule has 0 N–H and O–H groups in total. The van der Waals surface area contributed by atoms with E-state index in [1.807, 2.05) is 12.1 Å². The molecule has 17 heavy (non-hydrogen) atoms. The van der Waals surface area contributed by atoms with Gasteiger partial charge in [0.05, 0.1) is 6.61 Å². The number of hydrogen-bond donors (Lipinski definition) is 0. The molecule has 0 heterocycles. The highest BCUT2D eigenvalue weighted by molar-refractivity contribution is 9.10. The van der Waals surface area contributed by atoms with Crippen molar-refractivity contribution < 1.29 is 9.47 Å². The highest BCUT2D eigenvalue weighted by atomic mass is 79.9. The largest absolute Gasteiger partial charge is 0.491 e. The van der Waals surface area contributed by atoms with Crippen LogP contribution in [0.1, 0.15) is 38.7 Å². The summed E-state index contributed by atoms with van der Waals surface area (Å²) in [6.45, 7) is 8.51. The predicted molar refractivity (Wildman–Crippen MR) is 74.8 cm³/mol. The molecule has 0 amide bonds. The standard InChI is InChI=1S/C14H21BrO2/c1-4-7-16-8-9-17-14-6-5-12(15)10-13(14)11(2)3/h5-6,10-11H,4,7-9H2,1-3H3. The smallest absolute Gasteiger partial charge is 0.122 e. The average Bonchev–Trinajstić information content (AvgIpc) is 2.30. The summed E-state index contributed by atoms with van der Waals surface area (Å²) in [7, 11) is 0. The van der Waals surface area contributed by atoms with Gasteiger partial charge in [-0.05, 0) is 36.1 Å². The Morgan fingerprint density at radius 3 is 2.59 bits per heavy atom. The van der Waals surface area contributed by atoms with E-state index in [0.717, 1.165) is 23.2 Å². The van der Waals surface area contributed by atoms with Crippen LogP contribution >= 0.6 is 15.9 Å². The molecule has 0 aliphatic rings. The van der Waals surface area contributed by atoms with E-state index in [1.54, 1.807) is 0 Å². The van der Waals surface area contributed by atoms with Gasteiger partial charge >= 0.3 is 0 Å². The summed E-state index contributed by atoms with van der Waals surface area (Å²) >= 11 is 3.49. The Balaban J connectivity index is 2.52. The Kier molecular flexibility index (Phi) is 6.60. The monoisotopic (exact) mass is 300 g/mol. The third-order valence-corrected chi connectivity index (χ3v) is 2.92. The van der Waals surface area contributed by atoms with Crippen molar-refractivity contribution in [2.45, 2.75) is 33.1 Å². The van der Waals surface area contributed by atoms with Gasteiger partial charge in [0.1, 0.15) is 12.4 Å². The van der Waals surface area contributed by atoms with E-state index in [0.29, 0.717) is 19.1 Å². The lowest BCUT2D eigenvalue weighted by molar-refractivity contribution is 0.100. The molecule has 96 valence electrons. The number of ether oxygens (including phenoxy) is 2. The second-order valence-electron chi connectivity index (χ2n) is 4.30. The lowest BCUT2D eigenvalue weighted by Crippen LogP contribution is -2.08. The third-order valence-electron chi connectivity index (χ3n) is 2.43. The SMILES string of the molecule is CCCOCCOc1ccc(Br)cc1C(C)C. The Bertz CT molecular complexity index is 337. The van der Waals surface area contributed by atoms with Gasteiger partial charge in [0, 0.05) is 11.1 Å². The van der Waals surface area contributed by atoms with Crippen LogP contribution in [0.4, 0.5) is 0 Å². The van der Waals surface area contributed by atoms with Crippen LogP contribution in [0.25, 0.3) is 0 Å². The maximum atomic E-state index is 5.75. The molecule has 0 radical (unpaired) electrons. The summed E-state index contributed by atoms with van der Waals surface area (Å²) in [4.78, 5) is 0. The fourth-order valence-corrected chi connectivity index (χ4v) is 1.94. The summed E-state index contributed by atoms with van der Waals surface area (Å²) in [6.07, 6.45) is 1.05. The van der Waals surface area contributed by atoms with E-state index in [2.05, 4.69) is 42.8 Å². The maximum Gasteiger partial charge on any atom is 0.122 e. The number of benzene rings is 1. The van der Waals surface area contributed by atoms with Gasteiger partial charge in [0.2, 0.25) is 0 Å². The van der Waals surface area contributed by atoms with Crippen LogP contribution < -0.4 is 4.74 Å². The molecule has 0 fully saturated rings. The van der Waals surface area contributed by atoms with E-state index in [1.165, 1.54) is 5.56 Å². The van der Waals surface area contributed by atoms with Crippen molar-refractivity contribution >= 4 is 15.9 Å². The molecule has 1 rings (SSSR count). The van der Waals surface area contributed by atoms with Crippen LogP contribution in [0.15, 0.2) is 22.7 Å². The van der Waals surface area contributed by atoms with E-state index < -0.39 is 0 Å². The van der Waals surface area contributed by atoms with Crippen molar-refractivity contribution in [1.29, 1.82) is 0 Å². The second kappa shape index (κ2) is 7.72. The van der Waals surface area contributed by atoms with Gasteiger partial charge in [0.15, 0.2) is 0 Å². The molecule has 0 unspecified atom stereocenters. The van der Waals surface area contributed by atoms with Crippen molar-refractivity contribution in [3.8, 4) is 5.75 Å². The summed E-state index contributed by atoms with van der Waals surface area (Å²) in [5.41, 5.74) is 1.23. The second-order valence-corrected chi connectivity index (χ2v) is 5.21. The van der Waals surface area contributed by atoms with Crippen molar-refractivity contribution in [2.24, 2.45) is 0 Å². The minimum atomic E-state index is 0.457. The van der Waals surface area contributed by atoms with Crippen LogP contribution in [0.2, 0.25) is 0 Å². The summed E-state index contributed by atoms with van der Waals surface area (Å²) in [6, 6.07) is 6.14. The lowest BCUT2D eigenvalue weighted by atomic mass is 10.0. The fraction of sp³-hybridized carbons (Fsp3) is 0.571. The summed E-state index contributed by atoms with van der Waals surface area (Å²) in [5.74, 6) is 1.42. The molecule has 0 saturated heterocycles. The molecule has 1 aromatic carbocycles. The molecule has 0 spiro atoms. The molecule has 0 aliphatic carbocycles. The summed E-state index contributed by atoms with van der Waals surface area (Å²) in [5, 5.41) is 0. The first-order chi connectivity index (χ1) is 8.15. The number of hydrogen-bond acceptors (Lipinski definition) is 2. The van der Waals surface area contributed by atoms with Gasteiger partial charge < -0.3 is 9.47 Å². The zero-order chi connectivity index (χ0) is 12.7. The molecule has 0 bridgehead atoms. The number of halogens is 1. The van der Waals surface area contributed by atoms with E-state index in [-0.39, 0.29) is 0 Å². The highest BCUT2D eigenvalue weighted by Crippen LogP contribution is 2.29. The van der Waals surface area contributed by atoms with Gasteiger partial charge in [0.25, 0.3) is 0 Å². The molecule has 2 nitrogen and oxygen atoms in total. The molecule has 0 aliphatic heterocycles. The maximum absolute atomic E-state index is 5.75. The van der Waals surface area contributed by atoms with Gasteiger partial charge in [-0.3, -0.25) is 0 Å². The van der Waals surface area contributed by atoms with Gasteiger partial charge in [-0.25, -0.2) is 0 Å². The molecule has 0 atom stereocenters. The van der Waals surface area contributed by atoms with Gasteiger partial charge in [-0.2, -0.15) is 0 Å². The summed E-state index contributed by atoms with van der Waals surface area (Å²) < 4.78 is 12.2. The van der Waals surface area contributed by atoms with Crippen molar-refractivity contribution in [1.82, 2.24) is 0 Å². The number of rotatable bonds is 7. The van der Waals surface area contributed by atoms with E-state index >= 15 is 0 Å². The minimum absolute atomic E-state index is 0.457. The normalized spacial score (nSPS) is 10.9. The molecule has 1 aromatic rings. The third kappa shape index (κ3) is 5.09. The molecule has 0 aromatic heterocycles. The van der Waals surface area contributed by atoms with Crippen LogP contribution in [-0.2, 0) is 4.74 Å². The Morgan fingerprint density at radius 1 is 1.18 bits per heavy atom. The van der Waals surface area contributed by atoms with Crippen LogP contribution in [0.3, 0.4) is 0 Å². The molecular formula is C14H21BrO2. The van der Waals surface area contributed by atoms with E-state index in [4.69, 9.17) is 9.47 Å². The lowest BCUT2D eigenvalue weighted by Gasteiger charge is -2.14. The Hall–Kier alpha value is -0.540. The van der Waals surface area contributed by atoms with Gasteiger partial charge in [-0.15, -0.1) is 0 Å². The first-order valence-corrected chi connectivity index (χ1v) is 6.94. The highest BCUT2D eigenvalue weighted by Gasteiger charge is 2.08.